The summed E-state index contributed by atoms with van der Waals surface area (Å²) < 4.78 is 41.9. The molecule has 5 nitrogen and oxygen atoms in total. The predicted octanol–water partition coefficient (Wildman–Crippen LogP) is 2.72. The van der Waals surface area contributed by atoms with E-state index in [0.717, 1.165) is 28.1 Å². The molecule has 0 saturated carbocycles. The summed E-state index contributed by atoms with van der Waals surface area (Å²) in [6.07, 6.45) is 3.22. The molecule has 0 aromatic heterocycles. The van der Waals surface area contributed by atoms with Crippen LogP contribution in [0.5, 0.6) is 0 Å². The first-order valence-electron chi connectivity index (χ1n) is 5.30. The van der Waals surface area contributed by atoms with Gasteiger partial charge in [0.15, 0.2) is 0 Å². The molecule has 0 aliphatic rings. The van der Waals surface area contributed by atoms with E-state index < -0.39 is 16.7 Å². The van der Waals surface area contributed by atoms with E-state index in [0.29, 0.717) is 5.75 Å². The Balaban J connectivity index is 5.21. The van der Waals surface area contributed by atoms with Crippen LogP contribution < -0.4 is 0 Å². The van der Waals surface area contributed by atoms with Gasteiger partial charge in [0.1, 0.15) is 0 Å². The number of sulfonamides is 1. The maximum absolute atomic E-state index is 12.5. The molecule has 1 atom stereocenters. The van der Waals surface area contributed by atoms with Gasteiger partial charge < -0.3 is 4.52 Å². The minimum absolute atomic E-state index is 0.00712. The zero-order valence-electron chi connectivity index (χ0n) is 10.5. The van der Waals surface area contributed by atoms with Crippen molar-refractivity contribution in [2.45, 2.75) is 20.3 Å². The lowest BCUT2D eigenvalue weighted by Gasteiger charge is -2.27. The molecule has 1 unspecified atom stereocenters. The lowest BCUT2D eigenvalue weighted by atomic mass is 10.6. The largest absolute Gasteiger partial charge is 0.342 e. The van der Waals surface area contributed by atoms with E-state index in [-0.39, 0.29) is 13.2 Å². The normalized spacial score (nSPS) is 15.8. The summed E-state index contributed by atoms with van der Waals surface area (Å²) in [5, 5.41) is 0. The van der Waals surface area contributed by atoms with Gasteiger partial charge in [0.25, 0.3) is 0 Å². The van der Waals surface area contributed by atoms with Crippen molar-refractivity contribution >= 4 is 28.1 Å². The first kappa shape index (κ1) is 17.2. The topological polar surface area (TPSA) is 63.7 Å². The average Bonchev–Trinajstić information content (AvgIpc) is 2.22. The Hall–Kier alpha value is 0.190. The van der Waals surface area contributed by atoms with Crippen LogP contribution >= 0.6 is 18.1 Å². The van der Waals surface area contributed by atoms with E-state index in [1.54, 1.807) is 6.92 Å². The van der Waals surface area contributed by atoms with Gasteiger partial charge in [-0.15, -0.1) is 10.7 Å². The van der Waals surface area contributed by atoms with Crippen LogP contribution in [-0.4, -0.2) is 37.7 Å². The monoisotopic (exact) mass is 301 g/mol. The highest BCUT2D eigenvalue weighted by Gasteiger charge is 2.37. The van der Waals surface area contributed by atoms with Gasteiger partial charge >= 0.3 is 6.72 Å². The van der Waals surface area contributed by atoms with Crippen molar-refractivity contribution in [2.24, 2.45) is 0 Å². The minimum atomic E-state index is -3.58. The van der Waals surface area contributed by atoms with E-state index in [4.69, 9.17) is 4.52 Å². The maximum atomic E-state index is 12.5. The third kappa shape index (κ3) is 5.57. The lowest BCUT2D eigenvalue weighted by Crippen LogP contribution is -2.27. The lowest BCUT2D eigenvalue weighted by molar-refractivity contribution is 0.321. The molecule has 0 aliphatic carbocycles. The standard InChI is InChI=1S/C9H20NO4PS2/c1-5-8-10(17(4,12)13)15(11,14-7-3)16-9-6-2/h5H,1,6-9H2,2-4H3. The summed E-state index contributed by atoms with van der Waals surface area (Å²) in [6, 6.07) is 0. The molecule has 17 heavy (non-hydrogen) atoms. The third-order valence-electron chi connectivity index (χ3n) is 1.69. The summed E-state index contributed by atoms with van der Waals surface area (Å²) >= 11 is 1.06. The van der Waals surface area contributed by atoms with Crippen LogP contribution in [0.15, 0.2) is 12.7 Å². The second kappa shape index (κ2) is 7.59. The third-order valence-corrected chi connectivity index (χ3v) is 9.10. The maximum Gasteiger partial charge on any atom is 0.342 e. The molecular formula is C9H20NO4PS2. The molecule has 0 aromatic carbocycles. The molecule has 0 aromatic rings. The van der Waals surface area contributed by atoms with Crippen LogP contribution in [0.2, 0.25) is 0 Å². The van der Waals surface area contributed by atoms with Gasteiger partial charge in [-0.25, -0.2) is 8.42 Å². The summed E-state index contributed by atoms with van der Waals surface area (Å²) in [4.78, 5) is 0. The zero-order chi connectivity index (χ0) is 13.5. The van der Waals surface area contributed by atoms with Crippen LogP contribution in [0.4, 0.5) is 0 Å². The van der Waals surface area contributed by atoms with Crippen LogP contribution in [0.25, 0.3) is 0 Å². The van der Waals surface area contributed by atoms with E-state index in [9.17, 15) is 13.0 Å². The van der Waals surface area contributed by atoms with Gasteiger partial charge in [0, 0.05) is 12.3 Å². The summed E-state index contributed by atoms with van der Waals surface area (Å²) in [7, 11) is -3.58. The first-order chi connectivity index (χ1) is 7.81. The van der Waals surface area contributed by atoms with Crippen LogP contribution in [0.3, 0.4) is 0 Å². The first-order valence-corrected chi connectivity index (χ1v) is 10.3. The highest BCUT2D eigenvalue weighted by molar-refractivity contribution is 8.56. The van der Waals surface area contributed by atoms with E-state index in [1.165, 1.54) is 6.08 Å². The fourth-order valence-electron chi connectivity index (χ4n) is 1.06. The van der Waals surface area contributed by atoms with E-state index in [2.05, 4.69) is 6.58 Å². The number of nitrogens with zero attached hydrogens (tertiary/aromatic N) is 1. The van der Waals surface area contributed by atoms with Gasteiger partial charge in [-0.2, -0.15) is 0 Å². The van der Waals surface area contributed by atoms with Crippen molar-refractivity contribution in [1.82, 2.24) is 4.08 Å². The Morgan fingerprint density at radius 1 is 1.47 bits per heavy atom. The molecule has 0 amide bonds. The molecule has 0 heterocycles. The zero-order valence-corrected chi connectivity index (χ0v) is 13.0. The molecule has 8 heteroatoms. The van der Waals surface area contributed by atoms with Crippen LogP contribution in [-0.2, 0) is 19.1 Å². The Morgan fingerprint density at radius 2 is 2.06 bits per heavy atom. The summed E-state index contributed by atoms with van der Waals surface area (Å²) in [5.74, 6) is 0.584. The Labute approximate surface area is 108 Å². The summed E-state index contributed by atoms with van der Waals surface area (Å²) in [6.45, 7) is 3.90. The van der Waals surface area contributed by atoms with Gasteiger partial charge in [-0.05, 0) is 13.3 Å². The molecule has 0 spiro atoms. The highest BCUT2D eigenvalue weighted by Crippen LogP contribution is 2.63. The fourth-order valence-corrected chi connectivity index (χ4v) is 8.30. The molecule has 0 saturated heterocycles. The SMILES string of the molecule is C=CCN(P(=O)(OCC)SCCC)S(C)(=O)=O. The van der Waals surface area contributed by atoms with Gasteiger partial charge in [-0.1, -0.05) is 24.4 Å². The predicted molar refractivity (Wildman–Crippen MR) is 73.7 cm³/mol. The Bertz CT molecular complexity index is 382. The van der Waals surface area contributed by atoms with Crippen LogP contribution in [0, 0.1) is 0 Å². The van der Waals surface area contributed by atoms with Crippen molar-refractivity contribution in [3.05, 3.63) is 12.7 Å². The van der Waals surface area contributed by atoms with Crippen LogP contribution in [0.1, 0.15) is 20.3 Å². The van der Waals surface area contributed by atoms with Gasteiger partial charge in [-0.3, -0.25) is 4.57 Å². The molecule has 0 bridgehead atoms. The van der Waals surface area contributed by atoms with Crippen molar-refractivity contribution in [3.63, 3.8) is 0 Å². The quantitative estimate of drug-likeness (QED) is 0.484. The molecule has 0 radical (unpaired) electrons. The minimum Gasteiger partial charge on any atom is -0.309 e. The number of hydrogen-bond acceptors (Lipinski definition) is 5. The second-order valence-electron chi connectivity index (χ2n) is 3.28. The van der Waals surface area contributed by atoms with Crippen molar-refractivity contribution in [3.8, 4) is 0 Å². The van der Waals surface area contributed by atoms with Gasteiger partial charge in [0.2, 0.25) is 10.0 Å². The number of rotatable bonds is 9. The van der Waals surface area contributed by atoms with E-state index in [1.807, 2.05) is 6.92 Å². The Kier molecular flexibility index (Phi) is 7.67. The number of hydrogen-bond donors (Lipinski definition) is 0. The fraction of sp³-hybridized carbons (Fsp3) is 0.778. The van der Waals surface area contributed by atoms with Crippen molar-refractivity contribution in [1.29, 1.82) is 0 Å². The highest BCUT2D eigenvalue weighted by atomic mass is 32.7. The molecular weight excluding hydrogens is 281 g/mol. The molecule has 0 N–H and O–H groups in total. The van der Waals surface area contributed by atoms with Gasteiger partial charge in [0.05, 0.1) is 12.9 Å². The molecule has 102 valence electrons. The van der Waals surface area contributed by atoms with Crippen molar-refractivity contribution in [2.75, 3.05) is 25.2 Å². The Morgan fingerprint density at radius 3 is 2.41 bits per heavy atom. The smallest absolute Gasteiger partial charge is 0.309 e. The van der Waals surface area contributed by atoms with E-state index >= 15 is 0 Å². The molecule has 0 aliphatic heterocycles. The second-order valence-corrected chi connectivity index (χ2v) is 9.96. The average molecular weight is 301 g/mol. The summed E-state index contributed by atoms with van der Waals surface area (Å²) in [5.41, 5.74) is 0. The van der Waals surface area contributed by atoms with Crippen molar-refractivity contribution < 1.29 is 17.5 Å². The molecule has 0 fully saturated rings. The molecule has 0 rings (SSSR count).